The molecule has 0 saturated carbocycles. The van der Waals surface area contributed by atoms with Gasteiger partial charge in [-0.3, -0.25) is 10.2 Å². The molecule has 2 aromatic carbocycles. The Morgan fingerprint density at radius 2 is 1.69 bits per heavy atom. The molecule has 3 aromatic rings. The van der Waals surface area contributed by atoms with Crippen LogP contribution >= 0.6 is 0 Å². The zero-order chi connectivity index (χ0) is 20.6. The average Bonchev–Trinajstić information content (AvgIpc) is 3.22. The summed E-state index contributed by atoms with van der Waals surface area (Å²) in [5.41, 5.74) is 6.86. The monoisotopic (exact) mass is 393 g/mol. The Bertz CT molecular complexity index is 969. The molecule has 1 heterocycles. The number of amides is 3. The van der Waals surface area contributed by atoms with Crippen molar-refractivity contribution in [2.24, 2.45) is 0 Å². The summed E-state index contributed by atoms with van der Waals surface area (Å²) >= 11 is 0. The van der Waals surface area contributed by atoms with E-state index in [4.69, 9.17) is 9.15 Å². The molecule has 0 bridgehead atoms. The molecule has 150 valence electrons. The summed E-state index contributed by atoms with van der Waals surface area (Å²) in [7, 11) is 1.65. The number of carbonyl (C=O) groups excluding carboxylic acids is 2. The molecule has 0 aliphatic carbocycles. The highest BCUT2D eigenvalue weighted by Crippen LogP contribution is 2.14. The molecule has 0 fully saturated rings. The van der Waals surface area contributed by atoms with Crippen LogP contribution in [0.4, 0.5) is 4.79 Å². The van der Waals surface area contributed by atoms with E-state index in [0.717, 1.165) is 11.1 Å². The number of para-hydroxylation sites is 1. The molecule has 7 heteroatoms. The first-order valence-corrected chi connectivity index (χ1v) is 9.15. The fourth-order valence-electron chi connectivity index (χ4n) is 2.63. The summed E-state index contributed by atoms with van der Waals surface area (Å²) in [6, 6.07) is 19.9. The second-order valence-corrected chi connectivity index (χ2v) is 6.53. The highest BCUT2D eigenvalue weighted by molar-refractivity contribution is 5.92. The predicted octanol–water partition coefficient (Wildman–Crippen LogP) is 3.65. The summed E-state index contributed by atoms with van der Waals surface area (Å²) in [6.07, 6.45) is 0. The molecule has 1 aromatic heterocycles. The Kier molecular flexibility index (Phi) is 6.52. The lowest BCUT2D eigenvalue weighted by Gasteiger charge is -2.19. The van der Waals surface area contributed by atoms with Crippen LogP contribution in [0.2, 0.25) is 0 Å². The lowest BCUT2D eigenvalue weighted by atomic mass is 10.1. The Hall–Kier alpha value is -3.74. The number of ether oxygens (including phenoxy) is 1. The maximum atomic E-state index is 12.2. The van der Waals surface area contributed by atoms with Crippen LogP contribution in [0, 0.1) is 6.92 Å². The van der Waals surface area contributed by atoms with Gasteiger partial charge in [0, 0.05) is 13.6 Å². The fourth-order valence-corrected chi connectivity index (χ4v) is 2.63. The van der Waals surface area contributed by atoms with Crippen LogP contribution in [0.25, 0.3) is 0 Å². The maximum Gasteiger partial charge on any atom is 0.336 e. The number of carbonyl (C=O) groups is 2. The van der Waals surface area contributed by atoms with Gasteiger partial charge in [-0.1, -0.05) is 42.5 Å². The van der Waals surface area contributed by atoms with Crippen LogP contribution in [0.5, 0.6) is 5.75 Å². The van der Waals surface area contributed by atoms with Crippen molar-refractivity contribution < 1.29 is 18.7 Å². The molecule has 29 heavy (non-hydrogen) atoms. The highest BCUT2D eigenvalue weighted by Gasteiger charge is 2.15. The minimum atomic E-state index is -0.548. The number of urea groups is 1. The van der Waals surface area contributed by atoms with Crippen molar-refractivity contribution >= 4 is 11.9 Å². The van der Waals surface area contributed by atoms with Crippen LogP contribution in [0.15, 0.2) is 71.1 Å². The number of hydrogen-bond acceptors (Lipinski definition) is 4. The summed E-state index contributed by atoms with van der Waals surface area (Å²) < 4.78 is 11.0. The van der Waals surface area contributed by atoms with Crippen molar-refractivity contribution in [3.8, 4) is 5.75 Å². The van der Waals surface area contributed by atoms with E-state index in [9.17, 15) is 9.59 Å². The molecule has 0 aliphatic rings. The van der Waals surface area contributed by atoms with Crippen LogP contribution in [-0.4, -0.2) is 23.9 Å². The van der Waals surface area contributed by atoms with E-state index < -0.39 is 11.9 Å². The van der Waals surface area contributed by atoms with Crippen LogP contribution in [0.1, 0.15) is 27.4 Å². The average molecular weight is 393 g/mol. The SMILES string of the molecule is Cc1ccccc1CN(C)C(=O)NNC(=O)c1ccc(COc2ccccc2)o1. The first-order chi connectivity index (χ1) is 14.0. The molecule has 7 nitrogen and oxygen atoms in total. The van der Waals surface area contributed by atoms with Crippen LogP contribution in [-0.2, 0) is 13.2 Å². The van der Waals surface area contributed by atoms with E-state index in [1.54, 1.807) is 13.1 Å². The maximum absolute atomic E-state index is 12.2. The standard InChI is InChI=1S/C22H23N3O4/c1-16-8-6-7-9-17(16)14-25(2)22(27)24-23-21(26)20-13-12-19(29-20)15-28-18-10-4-3-5-11-18/h3-13H,14-15H2,1-2H3,(H,23,26)(H,24,27). The van der Waals surface area contributed by atoms with Gasteiger partial charge in [0.25, 0.3) is 0 Å². The van der Waals surface area contributed by atoms with Crippen molar-refractivity contribution in [2.45, 2.75) is 20.1 Å². The van der Waals surface area contributed by atoms with Gasteiger partial charge in [0.15, 0.2) is 5.76 Å². The third-order valence-electron chi connectivity index (χ3n) is 4.31. The Balaban J connectivity index is 1.47. The van der Waals surface area contributed by atoms with Crippen molar-refractivity contribution in [2.75, 3.05) is 7.05 Å². The van der Waals surface area contributed by atoms with E-state index >= 15 is 0 Å². The summed E-state index contributed by atoms with van der Waals surface area (Å²) in [6.45, 7) is 2.61. The molecule has 0 saturated heterocycles. The minimum Gasteiger partial charge on any atom is -0.486 e. The number of rotatable bonds is 6. The zero-order valence-electron chi connectivity index (χ0n) is 16.3. The normalized spacial score (nSPS) is 10.3. The lowest BCUT2D eigenvalue weighted by Crippen LogP contribution is -2.47. The number of nitrogens with zero attached hydrogens (tertiary/aromatic N) is 1. The van der Waals surface area contributed by atoms with Crippen molar-refractivity contribution in [3.05, 3.63) is 89.4 Å². The molecule has 0 aliphatic heterocycles. The number of nitrogens with one attached hydrogen (secondary N) is 2. The molecule has 3 rings (SSSR count). The molecule has 3 amide bonds. The number of benzene rings is 2. The van der Waals surface area contributed by atoms with Gasteiger partial charge in [0.2, 0.25) is 0 Å². The van der Waals surface area contributed by atoms with E-state index in [0.29, 0.717) is 18.1 Å². The second-order valence-electron chi connectivity index (χ2n) is 6.53. The molecular formula is C22H23N3O4. The van der Waals surface area contributed by atoms with E-state index in [-0.39, 0.29) is 12.4 Å². The Labute approximate surface area is 169 Å². The molecule has 2 N–H and O–H groups in total. The van der Waals surface area contributed by atoms with Gasteiger partial charge in [-0.2, -0.15) is 0 Å². The molecule has 0 spiro atoms. The Morgan fingerprint density at radius 3 is 2.45 bits per heavy atom. The summed E-state index contributed by atoms with van der Waals surface area (Å²) in [4.78, 5) is 25.9. The van der Waals surface area contributed by atoms with Crippen molar-refractivity contribution in [1.29, 1.82) is 0 Å². The molecule has 0 radical (unpaired) electrons. The van der Waals surface area contributed by atoms with Gasteiger partial charge >= 0.3 is 11.9 Å². The third-order valence-corrected chi connectivity index (χ3v) is 4.31. The summed E-state index contributed by atoms with van der Waals surface area (Å²) in [5, 5.41) is 0. The third kappa shape index (κ3) is 5.62. The first-order valence-electron chi connectivity index (χ1n) is 9.15. The predicted molar refractivity (Wildman–Crippen MR) is 108 cm³/mol. The quantitative estimate of drug-likeness (QED) is 0.626. The van der Waals surface area contributed by atoms with Gasteiger partial charge in [-0.25, -0.2) is 10.2 Å². The number of hydrazine groups is 1. The fraction of sp³-hybridized carbons (Fsp3) is 0.182. The van der Waals surface area contributed by atoms with Crippen LogP contribution < -0.4 is 15.6 Å². The van der Waals surface area contributed by atoms with Crippen molar-refractivity contribution in [3.63, 3.8) is 0 Å². The molecule has 0 atom stereocenters. The zero-order valence-corrected chi connectivity index (χ0v) is 16.3. The molecular weight excluding hydrogens is 370 g/mol. The van der Waals surface area contributed by atoms with Gasteiger partial charge in [0.05, 0.1) is 0 Å². The highest BCUT2D eigenvalue weighted by atomic mass is 16.5. The van der Waals surface area contributed by atoms with Gasteiger partial charge in [0.1, 0.15) is 18.1 Å². The molecule has 0 unspecified atom stereocenters. The van der Waals surface area contributed by atoms with E-state index in [2.05, 4.69) is 10.9 Å². The van der Waals surface area contributed by atoms with E-state index in [1.165, 1.54) is 11.0 Å². The number of furan rings is 1. The summed E-state index contributed by atoms with van der Waals surface area (Å²) in [5.74, 6) is 0.743. The number of hydrogen-bond donors (Lipinski definition) is 2. The van der Waals surface area contributed by atoms with Crippen molar-refractivity contribution in [1.82, 2.24) is 15.8 Å². The van der Waals surface area contributed by atoms with Gasteiger partial charge < -0.3 is 14.1 Å². The van der Waals surface area contributed by atoms with Gasteiger partial charge in [-0.05, 0) is 42.3 Å². The Morgan fingerprint density at radius 1 is 0.966 bits per heavy atom. The topological polar surface area (TPSA) is 83.8 Å². The largest absolute Gasteiger partial charge is 0.486 e. The second kappa shape index (κ2) is 9.45. The smallest absolute Gasteiger partial charge is 0.336 e. The lowest BCUT2D eigenvalue weighted by molar-refractivity contribution is 0.0899. The van der Waals surface area contributed by atoms with Crippen LogP contribution in [0.3, 0.4) is 0 Å². The van der Waals surface area contributed by atoms with E-state index in [1.807, 2.05) is 61.5 Å². The minimum absolute atomic E-state index is 0.0820. The number of aryl methyl sites for hydroxylation is 1. The van der Waals surface area contributed by atoms with Gasteiger partial charge in [-0.15, -0.1) is 0 Å². The first kappa shape index (κ1) is 20.0.